The van der Waals surface area contributed by atoms with Crippen molar-refractivity contribution in [3.8, 4) is 12.3 Å². The standard InChI is InChI=1S/C11H14OS/c1-3-4-5-8-11(2,12)10-7-6-9-13-10/h1,6-7,9,12H,4-5,8H2,2H3. The normalized spacial score (nSPS) is 14.8. The van der Waals surface area contributed by atoms with Crippen LogP contribution in [-0.4, -0.2) is 5.11 Å². The second kappa shape index (κ2) is 4.45. The van der Waals surface area contributed by atoms with Crippen molar-refractivity contribution in [3.63, 3.8) is 0 Å². The summed E-state index contributed by atoms with van der Waals surface area (Å²) in [6, 6.07) is 3.91. The van der Waals surface area contributed by atoms with Gasteiger partial charge in [0.15, 0.2) is 0 Å². The molecule has 0 radical (unpaired) electrons. The van der Waals surface area contributed by atoms with Gasteiger partial charge in [0.25, 0.3) is 0 Å². The number of terminal acetylenes is 1. The van der Waals surface area contributed by atoms with Crippen LogP contribution in [0.15, 0.2) is 17.5 Å². The third-order valence-corrected chi connectivity index (χ3v) is 3.16. The third kappa shape index (κ3) is 2.87. The Morgan fingerprint density at radius 1 is 1.69 bits per heavy atom. The van der Waals surface area contributed by atoms with E-state index in [-0.39, 0.29) is 0 Å². The van der Waals surface area contributed by atoms with Crippen LogP contribution in [0.25, 0.3) is 0 Å². The van der Waals surface area contributed by atoms with Crippen LogP contribution in [0.5, 0.6) is 0 Å². The molecule has 0 fully saturated rings. The SMILES string of the molecule is C#CCCCC(C)(O)c1cccs1. The molecule has 0 aliphatic rings. The topological polar surface area (TPSA) is 20.2 Å². The zero-order valence-corrected chi connectivity index (χ0v) is 8.60. The van der Waals surface area contributed by atoms with Crippen LogP contribution in [0.3, 0.4) is 0 Å². The molecule has 0 aromatic carbocycles. The summed E-state index contributed by atoms with van der Waals surface area (Å²) in [5.74, 6) is 2.58. The van der Waals surface area contributed by atoms with Gasteiger partial charge in [0.2, 0.25) is 0 Å². The van der Waals surface area contributed by atoms with E-state index in [9.17, 15) is 5.11 Å². The highest BCUT2D eigenvalue weighted by Gasteiger charge is 2.22. The molecule has 0 saturated heterocycles. The largest absolute Gasteiger partial charge is 0.385 e. The number of hydrogen-bond donors (Lipinski definition) is 1. The van der Waals surface area contributed by atoms with Crippen LogP contribution in [0, 0.1) is 12.3 Å². The summed E-state index contributed by atoms with van der Waals surface area (Å²) in [5, 5.41) is 12.0. The Balaban J connectivity index is 2.52. The maximum Gasteiger partial charge on any atom is 0.0960 e. The molecule has 1 N–H and O–H groups in total. The Morgan fingerprint density at radius 2 is 2.46 bits per heavy atom. The van der Waals surface area contributed by atoms with E-state index < -0.39 is 5.60 Å². The number of aliphatic hydroxyl groups is 1. The van der Waals surface area contributed by atoms with E-state index in [1.54, 1.807) is 11.3 Å². The first-order chi connectivity index (χ1) is 6.17. The first-order valence-corrected chi connectivity index (χ1v) is 5.24. The van der Waals surface area contributed by atoms with Gasteiger partial charge in [-0.25, -0.2) is 0 Å². The number of unbranched alkanes of at least 4 members (excludes halogenated alkanes) is 1. The summed E-state index contributed by atoms with van der Waals surface area (Å²) in [6.07, 6.45) is 7.50. The first kappa shape index (κ1) is 10.3. The fourth-order valence-corrected chi connectivity index (χ4v) is 2.06. The van der Waals surface area contributed by atoms with E-state index in [1.807, 2.05) is 24.4 Å². The van der Waals surface area contributed by atoms with Crippen molar-refractivity contribution in [1.29, 1.82) is 0 Å². The molecule has 0 bridgehead atoms. The lowest BCUT2D eigenvalue weighted by Crippen LogP contribution is -2.19. The van der Waals surface area contributed by atoms with Gasteiger partial charge in [0.1, 0.15) is 0 Å². The van der Waals surface area contributed by atoms with Crippen molar-refractivity contribution < 1.29 is 5.11 Å². The van der Waals surface area contributed by atoms with E-state index in [1.165, 1.54) is 0 Å². The summed E-state index contributed by atoms with van der Waals surface area (Å²) in [7, 11) is 0. The van der Waals surface area contributed by atoms with E-state index in [0.29, 0.717) is 0 Å². The number of rotatable bonds is 4. The first-order valence-electron chi connectivity index (χ1n) is 4.36. The predicted octanol–water partition coefficient (Wildman–Crippen LogP) is 2.76. The average molecular weight is 194 g/mol. The molecule has 1 nitrogen and oxygen atoms in total. The van der Waals surface area contributed by atoms with Crippen molar-refractivity contribution in [2.24, 2.45) is 0 Å². The van der Waals surface area contributed by atoms with Gasteiger partial charge in [-0.3, -0.25) is 0 Å². The maximum atomic E-state index is 10.0. The summed E-state index contributed by atoms with van der Waals surface area (Å²) < 4.78 is 0. The van der Waals surface area contributed by atoms with Gasteiger partial charge in [-0.2, -0.15) is 0 Å². The summed E-state index contributed by atoms with van der Waals surface area (Å²) in [5.41, 5.74) is -0.703. The fraction of sp³-hybridized carbons (Fsp3) is 0.455. The smallest absolute Gasteiger partial charge is 0.0960 e. The van der Waals surface area contributed by atoms with Crippen LogP contribution in [0.1, 0.15) is 31.1 Å². The molecule has 1 unspecified atom stereocenters. The molecule has 1 heterocycles. The molecule has 1 aromatic heterocycles. The van der Waals surface area contributed by atoms with Gasteiger partial charge >= 0.3 is 0 Å². The van der Waals surface area contributed by atoms with E-state index >= 15 is 0 Å². The lowest BCUT2D eigenvalue weighted by molar-refractivity contribution is 0.0498. The van der Waals surface area contributed by atoms with Gasteiger partial charge in [-0.1, -0.05) is 6.07 Å². The number of thiophene rings is 1. The van der Waals surface area contributed by atoms with Crippen molar-refractivity contribution in [3.05, 3.63) is 22.4 Å². The van der Waals surface area contributed by atoms with Gasteiger partial charge in [0.05, 0.1) is 5.60 Å². The minimum Gasteiger partial charge on any atom is -0.385 e. The summed E-state index contributed by atoms with van der Waals surface area (Å²) >= 11 is 1.59. The Hall–Kier alpha value is -0.780. The maximum absolute atomic E-state index is 10.0. The molecule has 1 aromatic rings. The van der Waals surface area contributed by atoms with Crippen LogP contribution < -0.4 is 0 Å². The minimum atomic E-state index is -0.703. The summed E-state index contributed by atoms with van der Waals surface area (Å²) in [6.45, 7) is 1.84. The molecule has 13 heavy (non-hydrogen) atoms. The molecule has 0 aliphatic carbocycles. The zero-order valence-electron chi connectivity index (χ0n) is 7.79. The second-order valence-corrected chi connectivity index (χ2v) is 4.26. The molecular formula is C11H14OS. The van der Waals surface area contributed by atoms with Gasteiger partial charge < -0.3 is 5.11 Å². The van der Waals surface area contributed by atoms with Crippen molar-refractivity contribution in [2.45, 2.75) is 31.8 Å². The van der Waals surface area contributed by atoms with Gasteiger partial charge in [-0.15, -0.1) is 23.7 Å². The van der Waals surface area contributed by atoms with Crippen molar-refractivity contribution in [1.82, 2.24) is 0 Å². The van der Waals surface area contributed by atoms with Crippen LogP contribution in [0.4, 0.5) is 0 Å². The zero-order chi connectivity index (χ0) is 9.73. The Kier molecular flexibility index (Phi) is 3.53. The molecule has 1 rings (SSSR count). The highest BCUT2D eigenvalue weighted by molar-refractivity contribution is 7.10. The van der Waals surface area contributed by atoms with Gasteiger partial charge in [0, 0.05) is 11.3 Å². The van der Waals surface area contributed by atoms with Crippen molar-refractivity contribution in [2.75, 3.05) is 0 Å². The quantitative estimate of drug-likeness (QED) is 0.577. The lowest BCUT2D eigenvalue weighted by atomic mass is 9.97. The lowest BCUT2D eigenvalue weighted by Gasteiger charge is -2.21. The molecule has 2 heteroatoms. The molecule has 0 aliphatic heterocycles. The van der Waals surface area contributed by atoms with Gasteiger partial charge in [-0.05, 0) is 31.2 Å². The highest BCUT2D eigenvalue weighted by atomic mass is 32.1. The highest BCUT2D eigenvalue weighted by Crippen LogP contribution is 2.29. The van der Waals surface area contributed by atoms with Crippen LogP contribution in [0.2, 0.25) is 0 Å². The molecule has 0 spiro atoms. The predicted molar refractivity (Wildman–Crippen MR) is 56.6 cm³/mol. The molecular weight excluding hydrogens is 180 g/mol. The monoisotopic (exact) mass is 194 g/mol. The van der Waals surface area contributed by atoms with Crippen LogP contribution >= 0.6 is 11.3 Å². The van der Waals surface area contributed by atoms with Crippen LogP contribution in [-0.2, 0) is 5.60 Å². The fourth-order valence-electron chi connectivity index (χ4n) is 1.24. The molecule has 0 saturated carbocycles. The molecule has 1 atom stereocenters. The van der Waals surface area contributed by atoms with E-state index in [4.69, 9.17) is 6.42 Å². The van der Waals surface area contributed by atoms with E-state index in [0.717, 1.165) is 24.1 Å². The van der Waals surface area contributed by atoms with Crippen molar-refractivity contribution >= 4 is 11.3 Å². The number of hydrogen-bond acceptors (Lipinski definition) is 2. The Bertz CT molecular complexity index is 280. The molecule has 70 valence electrons. The third-order valence-electron chi connectivity index (χ3n) is 2.04. The Labute approximate surface area is 83.4 Å². The average Bonchev–Trinajstić information content (AvgIpc) is 2.56. The minimum absolute atomic E-state index is 0.703. The molecule has 0 amide bonds. The Morgan fingerprint density at radius 3 is 3.00 bits per heavy atom. The van der Waals surface area contributed by atoms with E-state index in [2.05, 4.69) is 5.92 Å². The summed E-state index contributed by atoms with van der Waals surface area (Å²) in [4.78, 5) is 1.02. The second-order valence-electron chi connectivity index (χ2n) is 3.31.